The van der Waals surface area contributed by atoms with Gasteiger partial charge in [-0.3, -0.25) is 9.48 Å². The third-order valence-electron chi connectivity index (χ3n) is 7.94. The van der Waals surface area contributed by atoms with Gasteiger partial charge in [-0.15, -0.1) is 0 Å². The van der Waals surface area contributed by atoms with E-state index < -0.39 is 8.32 Å². The van der Waals surface area contributed by atoms with E-state index in [0.29, 0.717) is 22.3 Å². The number of nitrogens with zero attached hydrogens (tertiary/aromatic N) is 3. The van der Waals surface area contributed by atoms with Gasteiger partial charge in [-0.25, -0.2) is 0 Å². The molecule has 0 saturated carbocycles. The van der Waals surface area contributed by atoms with Gasteiger partial charge >= 0.3 is 0 Å². The zero-order chi connectivity index (χ0) is 26.6. The molecule has 0 N–H and O–H groups in total. The summed E-state index contributed by atoms with van der Waals surface area (Å²) in [7, 11) is -0.167. The van der Waals surface area contributed by atoms with Gasteiger partial charge in [0.2, 0.25) is 5.91 Å². The van der Waals surface area contributed by atoms with Gasteiger partial charge in [-0.05, 0) is 66.4 Å². The van der Waals surface area contributed by atoms with Crippen LogP contribution in [0, 0.1) is 0 Å². The van der Waals surface area contributed by atoms with Crippen LogP contribution in [0.25, 0.3) is 10.9 Å². The lowest BCUT2D eigenvalue weighted by atomic mass is 9.88. The van der Waals surface area contributed by atoms with Gasteiger partial charge in [0.1, 0.15) is 0 Å². The summed E-state index contributed by atoms with van der Waals surface area (Å²) in [6, 6.07) is 9.72. The van der Waals surface area contributed by atoms with Crippen LogP contribution in [-0.4, -0.2) is 41.6 Å². The van der Waals surface area contributed by atoms with E-state index in [-0.39, 0.29) is 29.4 Å². The monoisotopic (exact) mass is 609 g/mol. The van der Waals surface area contributed by atoms with Crippen molar-refractivity contribution >= 4 is 64.3 Å². The van der Waals surface area contributed by atoms with E-state index >= 15 is 0 Å². The van der Waals surface area contributed by atoms with Crippen LogP contribution in [0.5, 0.6) is 0 Å². The molecule has 0 spiro atoms. The Morgan fingerprint density at radius 3 is 2.58 bits per heavy atom. The molecule has 1 amide bonds. The summed E-state index contributed by atoms with van der Waals surface area (Å²) in [6.45, 7) is 13.8. The lowest BCUT2D eigenvalue weighted by Gasteiger charge is -2.44. The minimum absolute atomic E-state index is 0.00581. The summed E-state index contributed by atoms with van der Waals surface area (Å²) in [5.41, 5.74) is 3.97. The number of amides is 1. The first-order valence-corrected chi connectivity index (χ1v) is 16.7. The Balaban J connectivity index is 1.72. The predicted molar refractivity (Wildman–Crippen MR) is 154 cm³/mol. The van der Waals surface area contributed by atoms with Crippen LogP contribution < -0.4 is 0 Å². The Kier molecular flexibility index (Phi) is 7.73. The molecule has 36 heavy (non-hydrogen) atoms. The van der Waals surface area contributed by atoms with E-state index in [1.165, 1.54) is 5.56 Å². The van der Waals surface area contributed by atoms with Crippen LogP contribution in [0.15, 0.2) is 34.8 Å². The fourth-order valence-corrected chi connectivity index (χ4v) is 6.96. The number of halogens is 3. The van der Waals surface area contributed by atoms with Crippen molar-refractivity contribution in [3.8, 4) is 0 Å². The van der Waals surface area contributed by atoms with Crippen molar-refractivity contribution in [3.63, 3.8) is 0 Å². The molecule has 9 heteroatoms. The number of carbonyl (C=O) groups excluding carboxylic acids is 1. The molecule has 0 saturated heterocycles. The SMILES string of the molecule is C[C@H]1c2cccc(Br)c2C[C@H](CO[Si](C)(C)C(C)(C)C)N1C(=O)Cc1c(Cl)ccc2c1c(Cl)nn2C. The molecule has 0 bridgehead atoms. The predicted octanol–water partition coefficient (Wildman–Crippen LogP) is 7.72. The molecule has 1 aliphatic heterocycles. The molecule has 0 aliphatic carbocycles. The summed E-state index contributed by atoms with van der Waals surface area (Å²) in [5.74, 6) is 0.00581. The molecular formula is C27H34BrCl2N3O2Si. The van der Waals surface area contributed by atoms with Crippen molar-refractivity contribution in [1.29, 1.82) is 0 Å². The Labute approximate surface area is 233 Å². The Hall–Kier alpha value is -1.38. The fourth-order valence-electron chi connectivity index (χ4n) is 4.82. The smallest absolute Gasteiger partial charge is 0.227 e. The minimum atomic E-state index is -2.00. The van der Waals surface area contributed by atoms with Crippen LogP contribution in [0.3, 0.4) is 0 Å². The molecule has 0 fully saturated rings. The van der Waals surface area contributed by atoms with Crippen LogP contribution in [0.4, 0.5) is 0 Å². The average Bonchev–Trinajstić information content (AvgIpc) is 3.07. The molecule has 2 aromatic carbocycles. The van der Waals surface area contributed by atoms with E-state index in [1.54, 1.807) is 4.68 Å². The summed E-state index contributed by atoms with van der Waals surface area (Å²) in [5, 5.41) is 6.04. The normalized spacial score (nSPS) is 18.6. The number of benzene rings is 2. The quantitative estimate of drug-likeness (QED) is 0.278. The van der Waals surface area contributed by atoms with Gasteiger partial charge in [0.15, 0.2) is 13.5 Å². The average molecular weight is 611 g/mol. The minimum Gasteiger partial charge on any atom is -0.415 e. The van der Waals surface area contributed by atoms with E-state index in [9.17, 15) is 4.79 Å². The van der Waals surface area contributed by atoms with Gasteiger partial charge in [0.25, 0.3) is 0 Å². The summed E-state index contributed by atoms with van der Waals surface area (Å²) < 4.78 is 9.45. The maximum atomic E-state index is 14.1. The van der Waals surface area contributed by atoms with E-state index in [4.69, 9.17) is 27.6 Å². The highest BCUT2D eigenvalue weighted by Crippen LogP contribution is 2.41. The van der Waals surface area contributed by atoms with Crippen molar-refractivity contribution in [1.82, 2.24) is 14.7 Å². The number of carbonyl (C=O) groups is 1. The molecule has 4 rings (SSSR count). The first kappa shape index (κ1) is 27.6. The second-order valence-electron chi connectivity index (χ2n) is 11.2. The van der Waals surface area contributed by atoms with Crippen LogP contribution in [-0.2, 0) is 29.1 Å². The number of fused-ring (bicyclic) bond motifs is 2. The van der Waals surface area contributed by atoms with Gasteiger partial charge in [0.05, 0.1) is 30.6 Å². The van der Waals surface area contributed by atoms with Crippen LogP contribution in [0.2, 0.25) is 28.3 Å². The van der Waals surface area contributed by atoms with Gasteiger partial charge < -0.3 is 9.33 Å². The molecule has 0 unspecified atom stereocenters. The standard InChI is InChI=1S/C27H34BrCl2N3O2Si/c1-16-18-9-8-10-21(28)19(18)13-17(15-35-36(6,7)27(2,3)4)33(16)24(34)14-20-22(29)11-12-23-25(20)26(30)31-32(23)5/h8-12,16-17H,13-15H2,1-7H3/t16-,17+/m0/s1. The van der Waals surface area contributed by atoms with Crippen molar-refractivity contribution in [3.05, 3.63) is 61.7 Å². The fraction of sp³-hybridized carbons (Fsp3) is 0.481. The maximum Gasteiger partial charge on any atom is 0.227 e. The second-order valence-corrected chi connectivity index (χ2v) is 17.7. The summed E-state index contributed by atoms with van der Waals surface area (Å²) in [6.07, 6.45) is 0.874. The largest absolute Gasteiger partial charge is 0.415 e. The van der Waals surface area contributed by atoms with Gasteiger partial charge in [-0.1, -0.05) is 72.0 Å². The van der Waals surface area contributed by atoms with E-state index in [0.717, 1.165) is 27.4 Å². The molecule has 194 valence electrons. The van der Waals surface area contributed by atoms with Crippen LogP contribution in [0.1, 0.15) is 50.4 Å². The first-order valence-electron chi connectivity index (χ1n) is 12.2. The number of hydrogen-bond donors (Lipinski definition) is 0. The topological polar surface area (TPSA) is 47.4 Å². The highest BCUT2D eigenvalue weighted by atomic mass is 79.9. The maximum absolute atomic E-state index is 14.1. The number of hydrogen-bond acceptors (Lipinski definition) is 3. The molecule has 0 radical (unpaired) electrons. The lowest BCUT2D eigenvalue weighted by molar-refractivity contribution is -0.137. The van der Waals surface area contributed by atoms with E-state index in [2.05, 4.69) is 74.0 Å². The Morgan fingerprint density at radius 2 is 1.92 bits per heavy atom. The molecule has 3 aromatic rings. The highest BCUT2D eigenvalue weighted by Gasteiger charge is 2.41. The van der Waals surface area contributed by atoms with Gasteiger partial charge in [-0.2, -0.15) is 5.10 Å². The van der Waals surface area contributed by atoms with Gasteiger partial charge in [0, 0.05) is 21.9 Å². The lowest BCUT2D eigenvalue weighted by Crippen LogP contribution is -2.52. The molecule has 2 atom stereocenters. The third-order valence-corrected chi connectivity index (χ3v) is 13.8. The summed E-state index contributed by atoms with van der Waals surface area (Å²) in [4.78, 5) is 16.1. The molecule has 1 aromatic heterocycles. The second kappa shape index (κ2) is 10.1. The molecular weight excluding hydrogens is 577 g/mol. The van der Waals surface area contributed by atoms with Crippen molar-refractivity contribution in [2.75, 3.05) is 6.61 Å². The first-order chi connectivity index (χ1) is 16.7. The number of aryl methyl sites for hydroxylation is 1. The van der Waals surface area contributed by atoms with Crippen molar-refractivity contribution < 1.29 is 9.22 Å². The number of rotatable bonds is 5. The zero-order valence-corrected chi connectivity index (χ0v) is 26.1. The zero-order valence-electron chi connectivity index (χ0n) is 22.0. The van der Waals surface area contributed by atoms with Crippen molar-refractivity contribution in [2.24, 2.45) is 7.05 Å². The van der Waals surface area contributed by atoms with Crippen molar-refractivity contribution in [2.45, 2.75) is 70.8 Å². The summed E-state index contributed by atoms with van der Waals surface area (Å²) >= 11 is 16.8. The molecule has 2 heterocycles. The Bertz CT molecular complexity index is 1320. The van der Waals surface area contributed by atoms with E-state index in [1.807, 2.05) is 30.1 Å². The Morgan fingerprint density at radius 1 is 1.22 bits per heavy atom. The molecule has 1 aliphatic rings. The third kappa shape index (κ3) is 5.02. The van der Waals surface area contributed by atoms with Crippen LogP contribution >= 0.6 is 39.1 Å². The highest BCUT2D eigenvalue weighted by molar-refractivity contribution is 9.10. The molecule has 5 nitrogen and oxygen atoms in total. The number of aromatic nitrogens is 2.